The Bertz CT molecular complexity index is 260. The van der Waals surface area contributed by atoms with E-state index in [1.54, 1.807) is 0 Å². The van der Waals surface area contributed by atoms with Crippen LogP contribution < -0.4 is 0 Å². The van der Waals surface area contributed by atoms with Crippen molar-refractivity contribution in [1.29, 1.82) is 0 Å². The van der Waals surface area contributed by atoms with Crippen molar-refractivity contribution in [2.45, 2.75) is 24.7 Å². The highest BCUT2D eigenvalue weighted by atomic mass is 16.4. The van der Waals surface area contributed by atoms with Gasteiger partial charge in [0.1, 0.15) is 12.2 Å². The number of rotatable bonds is 1. The van der Waals surface area contributed by atoms with Crippen LogP contribution in [0.1, 0.15) is 7.79 Å². The van der Waals surface area contributed by atoms with Crippen molar-refractivity contribution >= 4 is 5.97 Å². The van der Waals surface area contributed by atoms with Gasteiger partial charge in [-0.1, -0.05) is 0 Å². The second-order valence-electron chi connectivity index (χ2n) is 2.60. The minimum atomic E-state index is -2.33. The highest BCUT2D eigenvalue weighted by Gasteiger charge is 2.31. The Morgan fingerprint density at radius 1 is 1.58 bits per heavy atom. The third kappa shape index (κ3) is 1.63. The van der Waals surface area contributed by atoms with Crippen molar-refractivity contribution in [2.75, 3.05) is 0 Å². The number of aliphatic hydroxyl groups is 3. The van der Waals surface area contributed by atoms with Crippen LogP contribution in [0.2, 0.25) is 0 Å². The predicted octanol–water partition coefficient (Wildman–Crippen LogP) is -1.52. The lowest BCUT2D eigenvalue weighted by Crippen LogP contribution is -2.40. The zero-order chi connectivity index (χ0) is 10.2. The molecule has 0 radical (unpaired) electrons. The molecule has 0 fully saturated rings. The molecule has 0 heterocycles. The van der Waals surface area contributed by atoms with Crippen LogP contribution in [0, 0.1) is 0 Å². The minimum absolute atomic E-state index is 0.268. The normalized spacial score (nSPS) is 43.2. The Morgan fingerprint density at radius 3 is 2.58 bits per heavy atom. The number of aliphatic carboxylic acids is 1. The smallest absolute Gasteiger partial charge is 0.331 e. The average molecular weight is 175 g/mol. The Kier molecular flexibility index (Phi) is 2.07. The first-order chi connectivity index (χ1) is 5.84. The quantitative estimate of drug-likeness (QED) is 0.388. The Hall–Kier alpha value is -0.910. The molecule has 0 aromatic carbocycles. The van der Waals surface area contributed by atoms with Gasteiger partial charge >= 0.3 is 5.97 Å². The summed E-state index contributed by atoms with van der Waals surface area (Å²) in [6.07, 6.45) is -5.09. The van der Waals surface area contributed by atoms with E-state index in [-0.39, 0.29) is 5.57 Å². The SMILES string of the molecule is [2H][C@]1(O)CC(C(=O)O)=C[C@@H](O)[C@H]1O. The van der Waals surface area contributed by atoms with Gasteiger partial charge in [0.2, 0.25) is 0 Å². The fourth-order valence-electron chi connectivity index (χ4n) is 1.000. The number of carboxylic acid groups (broad SMARTS) is 1. The fraction of sp³-hybridized carbons (Fsp3) is 0.571. The summed E-state index contributed by atoms with van der Waals surface area (Å²) in [6, 6.07) is 0. The van der Waals surface area contributed by atoms with Crippen molar-refractivity contribution in [3.05, 3.63) is 11.6 Å². The van der Waals surface area contributed by atoms with Crippen LogP contribution in [0.4, 0.5) is 0 Å². The predicted molar refractivity (Wildman–Crippen MR) is 38.4 cm³/mol. The largest absolute Gasteiger partial charge is 0.478 e. The van der Waals surface area contributed by atoms with Crippen LogP contribution in [0.15, 0.2) is 11.6 Å². The van der Waals surface area contributed by atoms with Gasteiger partial charge in [0, 0.05) is 12.0 Å². The van der Waals surface area contributed by atoms with Crippen molar-refractivity contribution in [3.63, 3.8) is 0 Å². The van der Waals surface area contributed by atoms with Crippen LogP contribution in [-0.2, 0) is 4.79 Å². The summed E-state index contributed by atoms with van der Waals surface area (Å²) >= 11 is 0. The minimum Gasteiger partial charge on any atom is -0.478 e. The maximum absolute atomic E-state index is 10.4. The molecule has 1 rings (SSSR count). The molecular weight excluding hydrogens is 164 g/mol. The third-order valence-electron chi connectivity index (χ3n) is 1.68. The highest BCUT2D eigenvalue weighted by molar-refractivity contribution is 5.87. The fourth-order valence-corrected chi connectivity index (χ4v) is 1.000. The van der Waals surface area contributed by atoms with Gasteiger partial charge in [0.15, 0.2) is 0 Å². The molecule has 1 aliphatic carbocycles. The molecular formula is C7H10O5. The van der Waals surface area contributed by atoms with Gasteiger partial charge in [0.25, 0.3) is 0 Å². The second-order valence-corrected chi connectivity index (χ2v) is 2.60. The van der Waals surface area contributed by atoms with E-state index in [1.165, 1.54) is 0 Å². The van der Waals surface area contributed by atoms with Crippen LogP contribution in [0.5, 0.6) is 0 Å². The molecule has 12 heavy (non-hydrogen) atoms. The van der Waals surface area contributed by atoms with Gasteiger partial charge in [-0.05, 0) is 6.08 Å². The van der Waals surface area contributed by atoms with Gasteiger partial charge in [-0.2, -0.15) is 0 Å². The van der Waals surface area contributed by atoms with Gasteiger partial charge in [-0.3, -0.25) is 0 Å². The number of aliphatic hydroxyl groups excluding tert-OH is 2. The van der Waals surface area contributed by atoms with E-state index in [4.69, 9.17) is 16.7 Å². The van der Waals surface area contributed by atoms with Crippen molar-refractivity contribution < 1.29 is 26.6 Å². The van der Waals surface area contributed by atoms with Crippen molar-refractivity contribution in [2.24, 2.45) is 0 Å². The molecule has 68 valence electrons. The Balaban J connectivity index is 2.95. The van der Waals surface area contributed by atoms with Crippen LogP contribution in [0.25, 0.3) is 0 Å². The summed E-state index contributed by atoms with van der Waals surface area (Å²) in [5.74, 6) is -1.31. The molecule has 0 aliphatic heterocycles. The lowest BCUT2D eigenvalue weighted by atomic mass is 9.92. The standard InChI is InChI=1S/C7H10O5/c8-4-1-3(7(11)12)2-5(9)6(4)10/h1,4-6,8-10H,2H2,(H,11,12)/t4-,5+,6-/m1/s1/i5D. The number of carboxylic acids is 1. The molecule has 3 atom stereocenters. The maximum atomic E-state index is 10.4. The summed E-state index contributed by atoms with van der Waals surface area (Å²) in [5, 5.41) is 35.8. The zero-order valence-corrected chi connectivity index (χ0v) is 6.14. The molecule has 4 N–H and O–H groups in total. The summed E-state index contributed by atoms with van der Waals surface area (Å²) in [5.41, 5.74) is -0.268. The van der Waals surface area contributed by atoms with E-state index < -0.39 is 30.7 Å². The lowest BCUT2D eigenvalue weighted by Gasteiger charge is -2.25. The molecule has 5 heteroatoms. The molecule has 0 unspecified atom stereocenters. The zero-order valence-electron chi connectivity index (χ0n) is 7.14. The molecule has 0 amide bonds. The molecule has 0 saturated heterocycles. The first-order valence-electron chi connectivity index (χ1n) is 3.87. The number of hydrogen-bond acceptors (Lipinski definition) is 4. The molecule has 0 spiro atoms. The van der Waals surface area contributed by atoms with Gasteiger partial charge in [-0.25, -0.2) is 4.79 Å². The van der Waals surface area contributed by atoms with E-state index in [0.717, 1.165) is 6.08 Å². The summed E-state index contributed by atoms with van der Waals surface area (Å²) in [6.45, 7) is 0. The molecule has 0 aromatic rings. The lowest BCUT2D eigenvalue weighted by molar-refractivity contribution is -0.134. The van der Waals surface area contributed by atoms with E-state index in [9.17, 15) is 9.90 Å². The van der Waals surface area contributed by atoms with Crippen LogP contribution >= 0.6 is 0 Å². The Morgan fingerprint density at radius 2 is 2.17 bits per heavy atom. The number of hydrogen-bond donors (Lipinski definition) is 4. The topological polar surface area (TPSA) is 98.0 Å². The third-order valence-corrected chi connectivity index (χ3v) is 1.68. The summed E-state index contributed by atoms with van der Waals surface area (Å²) < 4.78 is 7.13. The highest BCUT2D eigenvalue weighted by Crippen LogP contribution is 2.19. The van der Waals surface area contributed by atoms with Gasteiger partial charge in [0.05, 0.1) is 7.45 Å². The first-order valence-corrected chi connectivity index (χ1v) is 3.37. The van der Waals surface area contributed by atoms with E-state index >= 15 is 0 Å². The molecule has 1 aliphatic rings. The molecule has 0 aromatic heterocycles. The monoisotopic (exact) mass is 175 g/mol. The van der Waals surface area contributed by atoms with E-state index in [1.807, 2.05) is 0 Å². The first kappa shape index (κ1) is 7.72. The van der Waals surface area contributed by atoms with Gasteiger partial charge < -0.3 is 20.4 Å². The average Bonchev–Trinajstić information content (AvgIpc) is 1.99. The van der Waals surface area contributed by atoms with Gasteiger partial charge in [-0.15, -0.1) is 0 Å². The van der Waals surface area contributed by atoms with Crippen molar-refractivity contribution in [3.8, 4) is 0 Å². The second kappa shape index (κ2) is 3.22. The molecule has 0 bridgehead atoms. The van der Waals surface area contributed by atoms with E-state index in [2.05, 4.69) is 0 Å². The van der Waals surface area contributed by atoms with Crippen LogP contribution in [0.3, 0.4) is 0 Å². The van der Waals surface area contributed by atoms with Crippen LogP contribution in [-0.4, -0.2) is 44.7 Å². The molecule has 5 nitrogen and oxygen atoms in total. The summed E-state index contributed by atoms with van der Waals surface area (Å²) in [4.78, 5) is 10.4. The Labute approximate surface area is 70.0 Å². The summed E-state index contributed by atoms with van der Waals surface area (Å²) in [7, 11) is 0. The van der Waals surface area contributed by atoms with E-state index in [0.29, 0.717) is 0 Å². The van der Waals surface area contributed by atoms with Crippen molar-refractivity contribution in [1.82, 2.24) is 0 Å². The molecule has 0 saturated carbocycles. The number of carbonyl (C=O) groups is 1. The maximum Gasteiger partial charge on any atom is 0.331 e.